The average Bonchev–Trinajstić information content (AvgIpc) is 3.10. The zero-order chi connectivity index (χ0) is 11.5. The van der Waals surface area contributed by atoms with E-state index in [1.807, 2.05) is 24.3 Å². The highest BCUT2D eigenvalue weighted by Crippen LogP contribution is 2.31. The number of carbonyl (C=O) groups excluding carboxylic acids is 1. The van der Waals surface area contributed by atoms with Crippen LogP contribution in [0.5, 0.6) is 0 Å². The number of nitrogens with two attached hydrogens (primary N) is 1. The van der Waals surface area contributed by atoms with E-state index in [1.165, 1.54) is 12.8 Å². The smallest absolute Gasteiger partial charge is 0.251 e. The van der Waals surface area contributed by atoms with Crippen LogP contribution in [-0.2, 0) is 0 Å². The van der Waals surface area contributed by atoms with Gasteiger partial charge in [0.05, 0.1) is 0 Å². The number of hydrogen-bond donors (Lipinski definition) is 2. The molecule has 1 saturated carbocycles. The van der Waals surface area contributed by atoms with Crippen LogP contribution in [0.3, 0.4) is 0 Å². The molecule has 0 bridgehead atoms. The maximum Gasteiger partial charge on any atom is 0.251 e. The Balaban J connectivity index is 0.00000144. The first-order chi connectivity index (χ1) is 7.66. The second-order valence-corrected chi connectivity index (χ2v) is 5.46. The number of amides is 1. The molecule has 2 rings (SSSR count). The Hall–Kier alpha value is -0.330. The van der Waals surface area contributed by atoms with E-state index in [0.717, 1.165) is 3.57 Å². The van der Waals surface area contributed by atoms with Crippen molar-refractivity contribution >= 4 is 40.9 Å². The Morgan fingerprint density at radius 3 is 2.53 bits per heavy atom. The molecule has 3 nitrogen and oxygen atoms in total. The summed E-state index contributed by atoms with van der Waals surface area (Å²) < 4.78 is 1.13. The molecule has 0 saturated heterocycles. The molecule has 3 N–H and O–H groups in total. The molecular weight excluding hydrogens is 351 g/mol. The highest BCUT2D eigenvalue weighted by Gasteiger charge is 2.28. The first kappa shape index (κ1) is 14.7. The largest absolute Gasteiger partial charge is 0.350 e. The molecular formula is C12H16ClIN2O. The highest BCUT2D eigenvalue weighted by molar-refractivity contribution is 14.1. The van der Waals surface area contributed by atoms with Gasteiger partial charge in [0.1, 0.15) is 0 Å². The number of carbonyl (C=O) groups is 1. The second kappa shape index (κ2) is 6.56. The third kappa shape index (κ3) is 4.44. The molecule has 0 aromatic heterocycles. The van der Waals surface area contributed by atoms with E-state index >= 15 is 0 Å². The van der Waals surface area contributed by atoms with Crippen LogP contribution in [-0.4, -0.2) is 18.5 Å². The van der Waals surface area contributed by atoms with Gasteiger partial charge in [0.15, 0.2) is 0 Å². The van der Waals surface area contributed by atoms with Crippen molar-refractivity contribution in [3.05, 3.63) is 33.4 Å². The molecule has 1 fully saturated rings. The minimum atomic E-state index is -0.0347. The molecule has 1 aliphatic carbocycles. The van der Waals surface area contributed by atoms with Gasteiger partial charge >= 0.3 is 0 Å². The van der Waals surface area contributed by atoms with Crippen molar-refractivity contribution in [2.75, 3.05) is 6.54 Å². The lowest BCUT2D eigenvalue weighted by Crippen LogP contribution is -2.38. The maximum absolute atomic E-state index is 11.7. The van der Waals surface area contributed by atoms with E-state index in [0.29, 0.717) is 18.0 Å². The third-order valence-electron chi connectivity index (χ3n) is 2.83. The van der Waals surface area contributed by atoms with E-state index < -0.39 is 0 Å². The minimum Gasteiger partial charge on any atom is -0.350 e. The lowest BCUT2D eigenvalue weighted by Gasteiger charge is -2.11. The van der Waals surface area contributed by atoms with Gasteiger partial charge in [-0.15, -0.1) is 12.4 Å². The monoisotopic (exact) mass is 366 g/mol. The number of halogens is 2. The lowest BCUT2D eigenvalue weighted by atomic mass is 10.2. The van der Waals surface area contributed by atoms with Crippen molar-refractivity contribution in [2.45, 2.75) is 18.9 Å². The number of rotatable bonds is 4. The molecule has 1 atom stereocenters. The van der Waals surface area contributed by atoms with Gasteiger partial charge in [-0.05, 0) is 65.6 Å². The average molecular weight is 367 g/mol. The van der Waals surface area contributed by atoms with Gasteiger partial charge in [0, 0.05) is 21.7 Å². The van der Waals surface area contributed by atoms with Gasteiger partial charge in [-0.2, -0.15) is 0 Å². The van der Waals surface area contributed by atoms with Crippen LogP contribution < -0.4 is 11.1 Å². The molecule has 17 heavy (non-hydrogen) atoms. The Kier molecular flexibility index (Phi) is 5.69. The van der Waals surface area contributed by atoms with E-state index in [2.05, 4.69) is 27.9 Å². The van der Waals surface area contributed by atoms with Gasteiger partial charge in [-0.25, -0.2) is 0 Å². The van der Waals surface area contributed by atoms with Crippen LogP contribution in [0.2, 0.25) is 0 Å². The van der Waals surface area contributed by atoms with Crippen molar-refractivity contribution in [1.82, 2.24) is 5.32 Å². The van der Waals surface area contributed by atoms with Crippen molar-refractivity contribution in [1.29, 1.82) is 0 Å². The summed E-state index contributed by atoms with van der Waals surface area (Å²) in [5, 5.41) is 2.87. The van der Waals surface area contributed by atoms with E-state index in [4.69, 9.17) is 5.73 Å². The molecule has 94 valence electrons. The Morgan fingerprint density at radius 2 is 2.00 bits per heavy atom. The Labute approximate surface area is 121 Å². The quantitative estimate of drug-likeness (QED) is 0.803. The fourth-order valence-corrected chi connectivity index (χ4v) is 1.96. The van der Waals surface area contributed by atoms with Crippen LogP contribution in [0.1, 0.15) is 23.2 Å². The summed E-state index contributed by atoms with van der Waals surface area (Å²) in [6.07, 6.45) is 2.42. The van der Waals surface area contributed by atoms with Crippen LogP contribution in [0, 0.1) is 9.49 Å². The predicted molar refractivity (Wildman–Crippen MR) is 79.4 cm³/mol. The van der Waals surface area contributed by atoms with Crippen molar-refractivity contribution in [3.8, 4) is 0 Å². The molecule has 1 unspecified atom stereocenters. The molecule has 1 aromatic carbocycles. The summed E-state index contributed by atoms with van der Waals surface area (Å²) in [7, 11) is 0. The molecule has 0 aliphatic heterocycles. The minimum absolute atomic E-state index is 0. The standard InChI is InChI=1S/C12H15IN2O.ClH/c13-10-5-3-9(4-6-10)12(16)15-7-11(14)8-1-2-8;/h3-6,8,11H,1-2,7,14H2,(H,15,16);1H. The fraction of sp³-hybridized carbons (Fsp3) is 0.417. The van der Waals surface area contributed by atoms with Crippen LogP contribution in [0.4, 0.5) is 0 Å². The molecule has 1 aliphatic rings. The summed E-state index contributed by atoms with van der Waals surface area (Å²) >= 11 is 2.22. The maximum atomic E-state index is 11.7. The molecule has 0 spiro atoms. The zero-order valence-electron chi connectivity index (χ0n) is 9.36. The third-order valence-corrected chi connectivity index (χ3v) is 3.55. The molecule has 1 aromatic rings. The number of benzene rings is 1. The van der Waals surface area contributed by atoms with Gasteiger partial charge in [0.25, 0.3) is 5.91 Å². The number of hydrogen-bond acceptors (Lipinski definition) is 2. The normalized spacial score (nSPS) is 15.9. The molecule has 0 radical (unpaired) electrons. The van der Waals surface area contributed by atoms with E-state index in [1.54, 1.807) is 0 Å². The van der Waals surface area contributed by atoms with Crippen LogP contribution >= 0.6 is 35.0 Å². The number of nitrogens with one attached hydrogen (secondary N) is 1. The van der Waals surface area contributed by atoms with E-state index in [-0.39, 0.29) is 24.4 Å². The summed E-state index contributed by atoms with van der Waals surface area (Å²) in [4.78, 5) is 11.7. The second-order valence-electron chi connectivity index (χ2n) is 4.22. The molecule has 1 amide bonds. The summed E-state index contributed by atoms with van der Waals surface area (Å²) in [5.41, 5.74) is 6.61. The summed E-state index contributed by atoms with van der Waals surface area (Å²) in [6.45, 7) is 0.579. The Morgan fingerprint density at radius 1 is 1.41 bits per heavy atom. The topological polar surface area (TPSA) is 55.1 Å². The zero-order valence-corrected chi connectivity index (χ0v) is 12.3. The fourth-order valence-electron chi connectivity index (χ4n) is 1.60. The van der Waals surface area contributed by atoms with Gasteiger partial charge < -0.3 is 11.1 Å². The van der Waals surface area contributed by atoms with Crippen molar-refractivity contribution < 1.29 is 4.79 Å². The summed E-state index contributed by atoms with van der Waals surface area (Å²) in [6, 6.07) is 7.64. The van der Waals surface area contributed by atoms with Gasteiger partial charge in [0.2, 0.25) is 0 Å². The van der Waals surface area contributed by atoms with Crippen molar-refractivity contribution in [2.24, 2.45) is 11.7 Å². The van der Waals surface area contributed by atoms with Gasteiger partial charge in [-0.1, -0.05) is 0 Å². The first-order valence-electron chi connectivity index (χ1n) is 5.46. The molecule has 5 heteroatoms. The van der Waals surface area contributed by atoms with Gasteiger partial charge in [-0.3, -0.25) is 4.79 Å². The highest BCUT2D eigenvalue weighted by atomic mass is 127. The predicted octanol–water partition coefficient (Wildman–Crippen LogP) is 2.18. The van der Waals surface area contributed by atoms with E-state index in [9.17, 15) is 4.79 Å². The van der Waals surface area contributed by atoms with Crippen LogP contribution in [0.15, 0.2) is 24.3 Å². The summed E-state index contributed by atoms with van der Waals surface area (Å²) in [5.74, 6) is 0.588. The Bertz CT molecular complexity index is 379. The molecule has 0 heterocycles. The first-order valence-corrected chi connectivity index (χ1v) is 6.54. The van der Waals surface area contributed by atoms with Crippen LogP contribution in [0.25, 0.3) is 0 Å². The SMILES string of the molecule is Cl.NC(CNC(=O)c1ccc(I)cc1)C1CC1. The van der Waals surface area contributed by atoms with Crippen molar-refractivity contribution in [3.63, 3.8) is 0 Å². The lowest BCUT2D eigenvalue weighted by molar-refractivity contribution is 0.0950.